The maximum atomic E-state index is 11.0. The maximum absolute atomic E-state index is 11.0. The van der Waals surface area contributed by atoms with Gasteiger partial charge in [0.2, 0.25) is 0 Å². The van der Waals surface area contributed by atoms with Gasteiger partial charge in [0.25, 0.3) is 0 Å². The van der Waals surface area contributed by atoms with E-state index in [9.17, 15) is 15.0 Å². The molecule has 5 nitrogen and oxygen atoms in total. The number of carbonyl (C=O) groups is 1. The van der Waals surface area contributed by atoms with Crippen LogP contribution in [0.15, 0.2) is 24.3 Å². The van der Waals surface area contributed by atoms with E-state index in [2.05, 4.69) is 17.7 Å². The molecule has 5 atom stereocenters. The predicted molar refractivity (Wildman–Crippen MR) is 107 cm³/mol. The van der Waals surface area contributed by atoms with Gasteiger partial charge in [0.1, 0.15) is 0 Å². The molecule has 1 saturated carbocycles. The number of aliphatic hydroxyl groups is 2. The Hall–Kier alpha value is -1.17. The highest BCUT2D eigenvalue weighted by Crippen LogP contribution is 2.38. The summed E-state index contributed by atoms with van der Waals surface area (Å²) in [5.74, 6) is -0.0399. The smallest absolute Gasteiger partial charge is 0.330 e. The van der Waals surface area contributed by atoms with Gasteiger partial charge in [-0.15, -0.1) is 0 Å². The zero-order valence-corrected chi connectivity index (χ0v) is 17.2. The number of aliphatic hydroxyl groups excluding tert-OH is 2. The lowest BCUT2D eigenvalue weighted by Gasteiger charge is -2.22. The summed E-state index contributed by atoms with van der Waals surface area (Å²) >= 11 is 0. The summed E-state index contributed by atoms with van der Waals surface area (Å²) in [5, 5.41) is 20.6. The minimum atomic E-state index is -0.420. The van der Waals surface area contributed by atoms with Crippen molar-refractivity contribution in [2.24, 2.45) is 11.8 Å². The minimum absolute atomic E-state index is 0.00307. The molecule has 0 aromatic carbocycles. The van der Waals surface area contributed by atoms with Crippen molar-refractivity contribution in [2.75, 3.05) is 14.2 Å². The van der Waals surface area contributed by atoms with Gasteiger partial charge in [-0.1, -0.05) is 50.8 Å². The zero-order valence-electron chi connectivity index (χ0n) is 17.2. The molecule has 156 valence electrons. The van der Waals surface area contributed by atoms with E-state index in [1.807, 2.05) is 12.2 Å². The van der Waals surface area contributed by atoms with Crippen LogP contribution in [-0.4, -0.2) is 48.7 Å². The third kappa shape index (κ3) is 9.04. The van der Waals surface area contributed by atoms with Crippen LogP contribution < -0.4 is 0 Å². The molecule has 27 heavy (non-hydrogen) atoms. The third-order valence-corrected chi connectivity index (χ3v) is 5.47. The van der Waals surface area contributed by atoms with Crippen LogP contribution in [0.1, 0.15) is 64.7 Å². The number of hydrogen-bond donors (Lipinski definition) is 2. The van der Waals surface area contributed by atoms with Gasteiger partial charge >= 0.3 is 5.97 Å². The van der Waals surface area contributed by atoms with Crippen LogP contribution >= 0.6 is 0 Å². The molecule has 1 fully saturated rings. The van der Waals surface area contributed by atoms with E-state index < -0.39 is 6.10 Å². The molecular formula is C22H38O5. The van der Waals surface area contributed by atoms with Gasteiger partial charge in [-0.05, 0) is 31.6 Å². The summed E-state index contributed by atoms with van der Waals surface area (Å²) in [6.07, 6.45) is 14.9. The molecule has 0 radical (unpaired) electrons. The molecular weight excluding hydrogens is 344 g/mol. The number of unbranched alkanes of at least 4 members (excludes halogenated alkanes) is 4. The largest absolute Gasteiger partial charge is 0.466 e. The predicted octanol–water partition coefficient (Wildman–Crippen LogP) is 3.79. The van der Waals surface area contributed by atoms with Crippen molar-refractivity contribution in [1.82, 2.24) is 0 Å². The van der Waals surface area contributed by atoms with Gasteiger partial charge in [0.05, 0.1) is 25.4 Å². The number of ether oxygens (including phenoxy) is 2. The van der Waals surface area contributed by atoms with Crippen molar-refractivity contribution < 1.29 is 24.5 Å². The molecule has 5 heteroatoms. The van der Waals surface area contributed by atoms with Crippen molar-refractivity contribution in [3.8, 4) is 0 Å². The Morgan fingerprint density at radius 2 is 2.00 bits per heavy atom. The van der Waals surface area contributed by atoms with Crippen LogP contribution in [0.25, 0.3) is 0 Å². The van der Waals surface area contributed by atoms with E-state index in [-0.39, 0.29) is 30.0 Å². The fraction of sp³-hybridized carbons (Fsp3) is 0.773. The summed E-state index contributed by atoms with van der Waals surface area (Å²) < 4.78 is 10.1. The van der Waals surface area contributed by atoms with Gasteiger partial charge in [0, 0.05) is 25.5 Å². The molecule has 5 unspecified atom stereocenters. The van der Waals surface area contributed by atoms with Crippen LogP contribution in [0, 0.1) is 11.8 Å². The second-order valence-corrected chi connectivity index (χ2v) is 7.48. The van der Waals surface area contributed by atoms with Crippen molar-refractivity contribution in [3.05, 3.63) is 24.3 Å². The first-order valence-corrected chi connectivity index (χ1v) is 10.3. The second-order valence-electron chi connectivity index (χ2n) is 7.48. The van der Waals surface area contributed by atoms with E-state index in [0.29, 0.717) is 6.42 Å². The Kier molecular flexibility index (Phi) is 12.3. The molecule has 2 N–H and O–H groups in total. The van der Waals surface area contributed by atoms with Crippen molar-refractivity contribution in [3.63, 3.8) is 0 Å². The Labute approximate surface area is 164 Å². The molecule has 0 aliphatic heterocycles. The number of rotatable bonds is 13. The molecule has 1 rings (SSSR count). The first-order chi connectivity index (χ1) is 13.0. The standard InChI is InChI=1S/C22H38O5/c1-4-5-8-11-17(23)14-15-19-18(20(24)16-21(19)26-2)12-9-6-7-10-13-22(25)27-3/h10,13-15,17-21,23-24H,4-9,11-12,16H2,1-3H3. The van der Waals surface area contributed by atoms with Crippen molar-refractivity contribution in [2.45, 2.75) is 83.0 Å². The van der Waals surface area contributed by atoms with Gasteiger partial charge in [-0.3, -0.25) is 0 Å². The SMILES string of the molecule is CCCCCC(O)C=CC1C(OC)CC(O)C1CCCCC=CC(=O)OC. The van der Waals surface area contributed by atoms with Crippen LogP contribution in [0.4, 0.5) is 0 Å². The van der Waals surface area contributed by atoms with Gasteiger partial charge in [-0.2, -0.15) is 0 Å². The fourth-order valence-corrected chi connectivity index (χ4v) is 3.85. The highest BCUT2D eigenvalue weighted by Gasteiger charge is 2.40. The van der Waals surface area contributed by atoms with Crippen molar-refractivity contribution >= 4 is 5.97 Å². The number of methoxy groups -OCH3 is 2. The Bertz CT molecular complexity index is 460. The van der Waals surface area contributed by atoms with Crippen LogP contribution in [0.3, 0.4) is 0 Å². The summed E-state index contributed by atoms with van der Waals surface area (Å²) in [7, 11) is 3.06. The average Bonchev–Trinajstić information content (AvgIpc) is 2.97. The van der Waals surface area contributed by atoms with E-state index in [4.69, 9.17) is 4.74 Å². The summed E-state index contributed by atoms with van der Waals surface area (Å²) in [4.78, 5) is 11.0. The molecule has 1 aliphatic rings. The summed E-state index contributed by atoms with van der Waals surface area (Å²) in [6.45, 7) is 2.15. The van der Waals surface area contributed by atoms with E-state index in [0.717, 1.165) is 51.4 Å². The van der Waals surface area contributed by atoms with Crippen LogP contribution in [-0.2, 0) is 14.3 Å². The quantitative estimate of drug-likeness (QED) is 0.219. The molecule has 0 aromatic rings. The van der Waals surface area contributed by atoms with E-state index >= 15 is 0 Å². The van der Waals surface area contributed by atoms with E-state index in [1.165, 1.54) is 13.2 Å². The van der Waals surface area contributed by atoms with Crippen LogP contribution in [0.5, 0.6) is 0 Å². The number of hydrogen-bond acceptors (Lipinski definition) is 5. The van der Waals surface area contributed by atoms with E-state index in [1.54, 1.807) is 7.11 Å². The average molecular weight is 383 g/mol. The maximum Gasteiger partial charge on any atom is 0.330 e. The lowest BCUT2D eigenvalue weighted by Crippen LogP contribution is -2.22. The monoisotopic (exact) mass is 382 g/mol. The van der Waals surface area contributed by atoms with Crippen LogP contribution in [0.2, 0.25) is 0 Å². The Morgan fingerprint density at radius 3 is 2.67 bits per heavy atom. The fourth-order valence-electron chi connectivity index (χ4n) is 3.85. The van der Waals surface area contributed by atoms with Gasteiger partial charge in [0.15, 0.2) is 0 Å². The molecule has 0 saturated heterocycles. The molecule has 0 bridgehead atoms. The van der Waals surface area contributed by atoms with Gasteiger partial charge < -0.3 is 19.7 Å². The third-order valence-electron chi connectivity index (χ3n) is 5.47. The number of carbonyl (C=O) groups excluding carboxylic acids is 1. The second kappa shape index (κ2) is 13.9. The molecule has 0 aromatic heterocycles. The summed E-state index contributed by atoms with van der Waals surface area (Å²) in [5.41, 5.74) is 0. The topological polar surface area (TPSA) is 76.0 Å². The molecule has 1 aliphatic carbocycles. The molecule has 0 amide bonds. The highest BCUT2D eigenvalue weighted by atomic mass is 16.5. The lowest BCUT2D eigenvalue weighted by molar-refractivity contribution is -0.134. The highest BCUT2D eigenvalue weighted by molar-refractivity contribution is 5.81. The van der Waals surface area contributed by atoms with Crippen molar-refractivity contribution in [1.29, 1.82) is 0 Å². The summed E-state index contributed by atoms with van der Waals surface area (Å²) in [6, 6.07) is 0. The Balaban J connectivity index is 2.49. The number of esters is 1. The Morgan fingerprint density at radius 1 is 1.22 bits per heavy atom. The molecule has 0 heterocycles. The number of allylic oxidation sites excluding steroid dienone is 1. The first-order valence-electron chi connectivity index (χ1n) is 10.3. The normalized spacial score (nSPS) is 26.9. The lowest BCUT2D eigenvalue weighted by atomic mass is 9.88. The minimum Gasteiger partial charge on any atom is -0.466 e. The first kappa shape index (κ1) is 23.9. The molecule has 0 spiro atoms. The zero-order chi connectivity index (χ0) is 20.1. The van der Waals surface area contributed by atoms with Gasteiger partial charge in [-0.25, -0.2) is 4.79 Å².